The first-order chi connectivity index (χ1) is 8.65. The Kier molecular flexibility index (Phi) is 6.27. The fourth-order valence-electron chi connectivity index (χ4n) is 1.56. The second-order valence-electron chi connectivity index (χ2n) is 3.66. The van der Waals surface area contributed by atoms with Crippen LogP contribution in [0.4, 0.5) is 0 Å². The molecule has 0 atom stereocenters. The summed E-state index contributed by atoms with van der Waals surface area (Å²) in [7, 11) is -2.71. The third-order valence-corrected chi connectivity index (χ3v) is 4.84. The Labute approximate surface area is 110 Å². The summed E-state index contributed by atoms with van der Waals surface area (Å²) in [6.07, 6.45) is 3.72. The molecule has 0 fully saturated rings. The van der Waals surface area contributed by atoms with Crippen molar-refractivity contribution < 1.29 is 13.3 Å². The molecule has 0 aliphatic carbocycles. The minimum atomic E-state index is -2.71. The maximum atomic E-state index is 5.71. The molecule has 1 aromatic rings. The van der Waals surface area contributed by atoms with Crippen LogP contribution in [-0.2, 0) is 13.3 Å². The van der Waals surface area contributed by atoms with E-state index in [9.17, 15) is 0 Å². The normalized spacial score (nSPS) is 12.4. The van der Waals surface area contributed by atoms with E-state index in [-0.39, 0.29) is 0 Å². The second kappa shape index (κ2) is 7.47. The van der Waals surface area contributed by atoms with Gasteiger partial charge in [-0.05, 0) is 33.8 Å². The molecule has 0 spiro atoms. The van der Waals surface area contributed by atoms with Gasteiger partial charge in [0.15, 0.2) is 0 Å². The summed E-state index contributed by atoms with van der Waals surface area (Å²) >= 11 is 0. The van der Waals surface area contributed by atoms with Crippen LogP contribution in [0, 0.1) is 6.92 Å². The molecular formula is C12H22N2O3Si. The van der Waals surface area contributed by atoms with Gasteiger partial charge >= 0.3 is 8.80 Å². The van der Waals surface area contributed by atoms with Crippen molar-refractivity contribution in [2.24, 2.45) is 0 Å². The van der Waals surface area contributed by atoms with E-state index in [1.54, 1.807) is 4.68 Å². The molecule has 0 aliphatic heterocycles. The van der Waals surface area contributed by atoms with Gasteiger partial charge in [0.1, 0.15) is 0 Å². The highest BCUT2D eigenvalue weighted by Crippen LogP contribution is 2.12. The van der Waals surface area contributed by atoms with Crippen LogP contribution in [0.3, 0.4) is 0 Å². The molecule has 18 heavy (non-hydrogen) atoms. The highest BCUT2D eigenvalue weighted by molar-refractivity contribution is 6.66. The second-order valence-corrected chi connectivity index (χ2v) is 6.06. The fourth-order valence-corrected chi connectivity index (χ4v) is 3.64. The predicted octanol–water partition coefficient (Wildman–Crippen LogP) is 2.25. The van der Waals surface area contributed by atoms with Gasteiger partial charge in [-0.25, -0.2) is 4.68 Å². The van der Waals surface area contributed by atoms with Crippen molar-refractivity contribution in [3.8, 4) is 0 Å². The molecule has 0 unspecified atom stereocenters. The van der Waals surface area contributed by atoms with Gasteiger partial charge in [0.25, 0.3) is 0 Å². The van der Waals surface area contributed by atoms with E-state index in [4.69, 9.17) is 13.3 Å². The van der Waals surface area contributed by atoms with E-state index >= 15 is 0 Å². The van der Waals surface area contributed by atoms with Crippen molar-refractivity contribution in [2.45, 2.75) is 27.7 Å². The zero-order chi connectivity index (χ0) is 13.4. The Balaban J connectivity index is 2.84. The lowest BCUT2D eigenvalue weighted by atomic mass is 10.5. The van der Waals surface area contributed by atoms with Crippen molar-refractivity contribution >= 4 is 15.0 Å². The lowest BCUT2D eigenvalue weighted by molar-refractivity contribution is 0.0844. The molecule has 0 aliphatic rings. The zero-order valence-electron chi connectivity index (χ0n) is 11.5. The van der Waals surface area contributed by atoms with Crippen LogP contribution < -0.4 is 0 Å². The number of rotatable bonds is 8. The van der Waals surface area contributed by atoms with E-state index in [1.165, 1.54) is 0 Å². The lowest BCUT2D eigenvalue weighted by Gasteiger charge is -2.25. The third kappa shape index (κ3) is 4.38. The average Bonchev–Trinajstić information content (AvgIpc) is 2.74. The Morgan fingerprint density at radius 1 is 1.17 bits per heavy atom. The molecular weight excluding hydrogens is 248 g/mol. The summed E-state index contributed by atoms with van der Waals surface area (Å²) in [6.45, 7) is 9.45. The van der Waals surface area contributed by atoms with Gasteiger partial charge in [0.2, 0.25) is 0 Å². The molecule has 0 saturated carbocycles. The van der Waals surface area contributed by atoms with Gasteiger partial charge in [0.05, 0.1) is 5.69 Å². The minimum absolute atomic E-state index is 0.564. The van der Waals surface area contributed by atoms with Crippen molar-refractivity contribution in [3.05, 3.63) is 23.7 Å². The van der Waals surface area contributed by atoms with Crippen LogP contribution >= 0.6 is 0 Å². The van der Waals surface area contributed by atoms with E-state index in [2.05, 4.69) is 5.10 Å². The number of hydrogen-bond donors (Lipinski definition) is 0. The minimum Gasteiger partial charge on any atom is -0.371 e. The third-order valence-electron chi connectivity index (χ3n) is 2.21. The van der Waals surface area contributed by atoms with E-state index < -0.39 is 8.80 Å². The maximum absolute atomic E-state index is 5.71. The SMILES string of the molecule is CCO[Si](/C=C/n1ccc(C)n1)(OCC)OCC. The largest absolute Gasteiger partial charge is 0.531 e. The van der Waals surface area contributed by atoms with Crippen LogP contribution in [0.5, 0.6) is 0 Å². The predicted molar refractivity (Wildman–Crippen MR) is 72.9 cm³/mol. The summed E-state index contributed by atoms with van der Waals surface area (Å²) in [5.41, 5.74) is 2.84. The van der Waals surface area contributed by atoms with Gasteiger partial charge in [-0.3, -0.25) is 0 Å². The molecule has 0 radical (unpaired) electrons. The van der Waals surface area contributed by atoms with E-state index in [0.717, 1.165) is 5.69 Å². The number of aromatic nitrogens is 2. The molecule has 0 bridgehead atoms. The van der Waals surface area contributed by atoms with Gasteiger partial charge in [-0.2, -0.15) is 5.10 Å². The monoisotopic (exact) mass is 270 g/mol. The molecule has 1 aromatic heterocycles. The molecule has 0 amide bonds. The zero-order valence-corrected chi connectivity index (χ0v) is 12.5. The highest BCUT2D eigenvalue weighted by Gasteiger charge is 2.37. The van der Waals surface area contributed by atoms with Crippen LogP contribution in [-0.4, -0.2) is 38.4 Å². The van der Waals surface area contributed by atoms with E-state index in [0.29, 0.717) is 19.8 Å². The first-order valence-electron chi connectivity index (χ1n) is 6.28. The Hall–Kier alpha value is -0.953. The molecule has 0 aromatic carbocycles. The number of hydrogen-bond acceptors (Lipinski definition) is 4. The first-order valence-corrected chi connectivity index (χ1v) is 8.09. The van der Waals surface area contributed by atoms with Crippen LogP contribution in [0.25, 0.3) is 6.20 Å². The molecule has 0 saturated heterocycles. The maximum Gasteiger partial charge on any atom is 0.531 e. The Bertz CT molecular complexity index is 362. The molecule has 102 valence electrons. The standard InChI is InChI=1S/C12H22N2O3Si/c1-5-15-18(16-6-2,17-7-3)11-10-14-9-8-12(4)13-14/h8-11H,5-7H2,1-4H3/b11-10+. The van der Waals surface area contributed by atoms with Gasteiger partial charge in [-0.15, -0.1) is 0 Å². The number of aryl methyl sites for hydroxylation is 1. The number of nitrogens with zero attached hydrogens (tertiary/aromatic N) is 2. The lowest BCUT2D eigenvalue weighted by Crippen LogP contribution is -2.44. The Morgan fingerprint density at radius 2 is 1.72 bits per heavy atom. The van der Waals surface area contributed by atoms with E-state index in [1.807, 2.05) is 51.9 Å². The van der Waals surface area contributed by atoms with Crippen molar-refractivity contribution in [1.82, 2.24) is 9.78 Å². The molecule has 1 heterocycles. The Morgan fingerprint density at radius 3 is 2.11 bits per heavy atom. The topological polar surface area (TPSA) is 45.5 Å². The summed E-state index contributed by atoms with van der Waals surface area (Å²) in [6, 6.07) is 1.94. The first kappa shape index (κ1) is 15.1. The van der Waals surface area contributed by atoms with Crippen molar-refractivity contribution in [2.75, 3.05) is 19.8 Å². The van der Waals surface area contributed by atoms with Crippen molar-refractivity contribution in [3.63, 3.8) is 0 Å². The van der Waals surface area contributed by atoms with Crippen molar-refractivity contribution in [1.29, 1.82) is 0 Å². The summed E-state index contributed by atoms with van der Waals surface area (Å²) in [4.78, 5) is 0. The van der Waals surface area contributed by atoms with Crippen LogP contribution in [0.2, 0.25) is 0 Å². The summed E-state index contributed by atoms with van der Waals surface area (Å²) in [5, 5.41) is 4.28. The van der Waals surface area contributed by atoms with Crippen LogP contribution in [0.1, 0.15) is 26.5 Å². The molecule has 5 nitrogen and oxygen atoms in total. The summed E-state index contributed by atoms with van der Waals surface area (Å²) < 4.78 is 18.8. The molecule has 0 N–H and O–H groups in total. The van der Waals surface area contributed by atoms with Gasteiger partial charge in [-0.1, -0.05) is 0 Å². The summed E-state index contributed by atoms with van der Waals surface area (Å²) in [5.74, 6) is 0. The highest BCUT2D eigenvalue weighted by atomic mass is 28.4. The average molecular weight is 270 g/mol. The van der Waals surface area contributed by atoms with Gasteiger partial charge in [0, 0.05) is 37.9 Å². The molecule has 1 rings (SSSR count). The smallest absolute Gasteiger partial charge is 0.371 e. The molecule has 6 heteroatoms. The fraction of sp³-hybridized carbons (Fsp3) is 0.583. The van der Waals surface area contributed by atoms with Crippen LogP contribution in [0.15, 0.2) is 18.0 Å². The quantitative estimate of drug-likeness (QED) is 0.680. The van der Waals surface area contributed by atoms with Gasteiger partial charge < -0.3 is 13.3 Å².